The minimum atomic E-state index is -5.66. The second-order valence-corrected chi connectivity index (χ2v) is 20.3. The number of hydrogen-bond donors (Lipinski definition) is 12. The van der Waals surface area contributed by atoms with E-state index in [4.69, 9.17) is 58.7 Å². The van der Waals surface area contributed by atoms with Crippen LogP contribution in [0.4, 0.5) is 0 Å². The molecule has 0 rings (SSSR count). The Bertz CT molecular complexity index is 1130. The van der Waals surface area contributed by atoms with E-state index in [0.717, 1.165) is 0 Å². The molecule has 240 valence electrons. The van der Waals surface area contributed by atoms with E-state index in [1.165, 1.54) is 0 Å². The second kappa shape index (κ2) is 15.4. The third-order valence-corrected chi connectivity index (χ3v) is 12.5. The molecule has 36 heteroatoms. The molecule has 0 aromatic rings. The van der Waals surface area contributed by atoms with Crippen molar-refractivity contribution in [1.82, 2.24) is 0 Å². The van der Waals surface area contributed by atoms with E-state index in [0.29, 0.717) is 20.0 Å². The summed E-state index contributed by atoms with van der Waals surface area (Å²) in [6.45, 7) is 1.70. The lowest BCUT2D eigenvalue weighted by Gasteiger charge is -2.16. The fraction of sp³-hybridized carbons (Fsp3) is 1.00. The molecule has 27 nitrogen and oxygen atoms in total. The lowest BCUT2D eigenvalue weighted by Crippen LogP contribution is -1.95. The van der Waals surface area contributed by atoms with Crippen LogP contribution >= 0.6 is 69.7 Å². The van der Waals surface area contributed by atoms with Gasteiger partial charge in [-0.1, -0.05) is 0 Å². The van der Waals surface area contributed by atoms with Gasteiger partial charge in [0.05, 0.1) is 0 Å². The summed E-state index contributed by atoms with van der Waals surface area (Å²) >= 11 is 0. The van der Waals surface area contributed by atoms with Gasteiger partial charge in [-0.25, -0.2) is 40.3 Å². The standard InChI is InChI=1S/CH8O12P4.CH7O9P3.CH6O6P2/c1-14(2,3)11-16(7,8)13-17(9,10)12-15(4,5)6;1-11(2,3)9-13(7,8)10-12(4,5)6;1-8(2,3)7-9(4,5)6/h1H3,(H,2,3)(H,7,8)(H,9,10)(H2,4,5,6);1H3,(H,2,3)(H,7,8)(H2,4,5,6);1H3,(H,2,3)(H2,4,5,6). The summed E-state index contributed by atoms with van der Waals surface area (Å²) in [5, 5.41) is 0. The molecule has 0 bridgehead atoms. The average Bonchev–Trinajstić information content (AvgIpc) is 2.28. The van der Waals surface area contributed by atoms with Crippen molar-refractivity contribution >= 4 is 69.7 Å². The van der Waals surface area contributed by atoms with Crippen LogP contribution in [0.3, 0.4) is 0 Å². The maximum atomic E-state index is 10.8. The number of rotatable bonds is 12. The fourth-order valence-corrected chi connectivity index (χ4v) is 10.0. The lowest BCUT2D eigenvalue weighted by atomic mass is 12.0. The molecule has 0 amide bonds. The Hall–Kier alpha value is 1.35. The molecule has 12 N–H and O–H groups in total. The number of hydrogen-bond acceptors (Lipinski definition) is 15. The number of phosphoric acid groups is 6. The predicted octanol–water partition coefficient (Wildman–Crippen LogP) is 0.0837. The SMILES string of the molecule is CP(=O)(O)OP(=O)(O)O.CP(=O)(O)OP(=O)(O)OP(=O)(O)O.CP(=O)(O)OP(=O)(O)OP(=O)(O)OP(=O)(O)O. The molecule has 0 aromatic carbocycles. The van der Waals surface area contributed by atoms with E-state index in [-0.39, 0.29) is 0 Å². The molecule has 0 saturated carbocycles. The third-order valence-electron chi connectivity index (χ3n) is 1.39. The molecule has 6 unspecified atom stereocenters. The summed E-state index contributed by atoms with van der Waals surface area (Å²) in [6.07, 6.45) is 0. The Kier molecular flexibility index (Phi) is 17.7. The van der Waals surface area contributed by atoms with Gasteiger partial charge < -0.3 is 58.7 Å². The van der Waals surface area contributed by atoms with E-state index >= 15 is 0 Å². The Morgan fingerprint density at radius 2 is 0.487 bits per heavy atom. The molecule has 6 atom stereocenters. The predicted molar refractivity (Wildman–Crippen MR) is 119 cm³/mol. The third kappa shape index (κ3) is 39.4. The minimum Gasteiger partial charge on any atom is -0.324 e. The molecule has 0 saturated heterocycles. The average molecular weight is 768 g/mol. The van der Waals surface area contributed by atoms with Crippen molar-refractivity contribution in [2.45, 2.75) is 0 Å². The largest absolute Gasteiger partial charge is 0.490 e. The highest BCUT2D eigenvalue weighted by Crippen LogP contribution is 2.70. The first-order valence-corrected chi connectivity index (χ1v) is 22.7. The van der Waals surface area contributed by atoms with Gasteiger partial charge in [0.1, 0.15) is 0 Å². The van der Waals surface area contributed by atoms with Gasteiger partial charge in [-0.05, 0) is 0 Å². The van der Waals surface area contributed by atoms with Crippen LogP contribution in [-0.4, -0.2) is 78.7 Å². The first kappa shape index (κ1) is 44.8. The molecule has 39 heavy (non-hydrogen) atoms. The van der Waals surface area contributed by atoms with E-state index in [1.54, 1.807) is 0 Å². The van der Waals surface area contributed by atoms with E-state index in [1.807, 2.05) is 0 Å². The molecule has 0 aliphatic carbocycles. The van der Waals surface area contributed by atoms with Gasteiger partial charge in [0.15, 0.2) is 0 Å². The minimum absolute atomic E-state index is 0.464. The van der Waals surface area contributed by atoms with Crippen molar-refractivity contribution < 1.29 is 126 Å². The monoisotopic (exact) mass is 768 g/mol. The zero-order valence-electron chi connectivity index (χ0n) is 18.5. The first-order chi connectivity index (χ1) is 16.2. The molecule has 0 fully saturated rings. The summed E-state index contributed by atoms with van der Waals surface area (Å²) in [4.78, 5) is 99.2. The Morgan fingerprint density at radius 1 is 0.308 bits per heavy atom. The van der Waals surface area contributed by atoms with Gasteiger partial charge in [0.2, 0.25) is 0 Å². The van der Waals surface area contributed by atoms with Crippen LogP contribution in [0.1, 0.15) is 0 Å². The van der Waals surface area contributed by atoms with Gasteiger partial charge in [-0.3, -0.25) is 13.7 Å². The summed E-state index contributed by atoms with van der Waals surface area (Å²) in [5.41, 5.74) is 0. The Labute approximate surface area is 215 Å². The maximum absolute atomic E-state index is 10.8. The van der Waals surface area contributed by atoms with Gasteiger partial charge in [0.25, 0.3) is 0 Å². The van der Waals surface area contributed by atoms with Gasteiger partial charge in [-0.2, -0.15) is 12.9 Å². The van der Waals surface area contributed by atoms with E-state index in [2.05, 4.69) is 25.9 Å². The summed E-state index contributed by atoms with van der Waals surface area (Å²) in [7, 11) is -44.9. The van der Waals surface area contributed by atoms with Crippen molar-refractivity contribution in [3.8, 4) is 0 Å². The van der Waals surface area contributed by atoms with Crippen LogP contribution in [0.2, 0.25) is 0 Å². The van der Waals surface area contributed by atoms with Crippen molar-refractivity contribution in [2.75, 3.05) is 20.0 Å². The van der Waals surface area contributed by atoms with Crippen LogP contribution in [0.15, 0.2) is 0 Å². The molecule has 0 radical (unpaired) electrons. The van der Waals surface area contributed by atoms with Gasteiger partial charge in [0, 0.05) is 20.0 Å². The molecule has 0 aliphatic rings. The van der Waals surface area contributed by atoms with Crippen LogP contribution < -0.4 is 0 Å². The zero-order chi connectivity index (χ0) is 32.7. The topological polar surface area (TPSA) is 452 Å². The highest BCUT2D eigenvalue weighted by Gasteiger charge is 2.43. The quantitative estimate of drug-likeness (QED) is 0.117. The van der Waals surface area contributed by atoms with E-state index < -0.39 is 69.7 Å². The molecule has 0 spiro atoms. The van der Waals surface area contributed by atoms with Crippen molar-refractivity contribution in [3.05, 3.63) is 0 Å². The molecule has 0 aromatic heterocycles. The second-order valence-electron chi connectivity index (χ2n) is 5.78. The van der Waals surface area contributed by atoms with Gasteiger partial charge >= 0.3 is 69.7 Å². The van der Waals surface area contributed by atoms with Crippen molar-refractivity contribution in [2.24, 2.45) is 0 Å². The van der Waals surface area contributed by atoms with Crippen LogP contribution in [0.25, 0.3) is 0 Å². The fourth-order valence-electron chi connectivity index (χ4n) is 1.02. The zero-order valence-corrected chi connectivity index (χ0v) is 26.6. The Balaban J connectivity index is -0.000000524. The highest BCUT2D eigenvalue weighted by molar-refractivity contribution is 7.70. The summed E-state index contributed by atoms with van der Waals surface area (Å²) < 4.78 is 113. The van der Waals surface area contributed by atoms with Crippen LogP contribution in [-0.2, 0) is 66.9 Å². The van der Waals surface area contributed by atoms with Crippen LogP contribution in [0.5, 0.6) is 0 Å². The first-order valence-electron chi connectivity index (χ1n) is 7.58. The molecule has 0 aliphatic heterocycles. The smallest absolute Gasteiger partial charge is 0.324 e. The molecular formula is C3H21O27P9. The van der Waals surface area contributed by atoms with Crippen molar-refractivity contribution in [3.63, 3.8) is 0 Å². The Morgan fingerprint density at radius 3 is 0.641 bits per heavy atom. The lowest BCUT2D eigenvalue weighted by molar-refractivity contribution is 0.202. The highest BCUT2D eigenvalue weighted by atomic mass is 31.3. The summed E-state index contributed by atoms with van der Waals surface area (Å²) in [6, 6.07) is 0. The van der Waals surface area contributed by atoms with Crippen LogP contribution in [0, 0.1) is 0 Å². The van der Waals surface area contributed by atoms with Crippen molar-refractivity contribution in [1.29, 1.82) is 0 Å². The van der Waals surface area contributed by atoms with E-state index in [9.17, 15) is 41.1 Å². The normalized spacial score (nSPS) is 21.9. The summed E-state index contributed by atoms with van der Waals surface area (Å²) in [5.74, 6) is 0. The van der Waals surface area contributed by atoms with Gasteiger partial charge in [-0.15, -0.1) is 0 Å². The molecular weight excluding hydrogens is 747 g/mol. The molecule has 0 heterocycles. The maximum Gasteiger partial charge on any atom is 0.490 e.